The van der Waals surface area contributed by atoms with Gasteiger partial charge in [0.15, 0.2) is 0 Å². The molecule has 2 rings (SSSR count). The van der Waals surface area contributed by atoms with Crippen molar-refractivity contribution in [3.63, 3.8) is 0 Å². The van der Waals surface area contributed by atoms with E-state index in [-0.39, 0.29) is 5.91 Å². The molecule has 0 saturated carbocycles. The second-order valence-electron chi connectivity index (χ2n) is 5.73. The lowest BCUT2D eigenvalue weighted by atomic mass is 10.1. The average Bonchev–Trinajstić information content (AvgIpc) is 2.52. The minimum atomic E-state index is -0.460. The molecule has 1 amide bonds. The number of carbonyl (C=O) groups is 1. The third-order valence-electron chi connectivity index (χ3n) is 3.84. The van der Waals surface area contributed by atoms with Crippen LogP contribution in [0.25, 0.3) is 0 Å². The van der Waals surface area contributed by atoms with Gasteiger partial charge in [0, 0.05) is 19.1 Å². The van der Waals surface area contributed by atoms with Crippen LogP contribution in [-0.4, -0.2) is 31.1 Å². The Bertz CT molecular complexity index is 438. The fourth-order valence-electron chi connectivity index (χ4n) is 2.41. The molecule has 0 aliphatic carbocycles. The first-order chi connectivity index (χ1) is 10.1. The Morgan fingerprint density at radius 1 is 1.24 bits per heavy atom. The third-order valence-corrected chi connectivity index (χ3v) is 3.84. The van der Waals surface area contributed by atoms with E-state index in [0.717, 1.165) is 25.2 Å². The number of nitrogens with one attached hydrogen (secondary N) is 3. The lowest BCUT2D eigenvalue weighted by Crippen LogP contribution is -2.39. The molecule has 5 N–H and O–H groups in total. The number of amides is 1. The highest BCUT2D eigenvalue weighted by Crippen LogP contribution is 2.07. The maximum Gasteiger partial charge on any atom is 0.236 e. The van der Waals surface area contributed by atoms with Gasteiger partial charge in [-0.2, -0.15) is 0 Å². The van der Waals surface area contributed by atoms with Crippen LogP contribution in [0.15, 0.2) is 24.3 Å². The van der Waals surface area contributed by atoms with Gasteiger partial charge in [0.2, 0.25) is 5.91 Å². The Morgan fingerprint density at radius 3 is 2.38 bits per heavy atom. The highest BCUT2D eigenvalue weighted by Gasteiger charge is 2.11. The zero-order valence-corrected chi connectivity index (χ0v) is 12.7. The van der Waals surface area contributed by atoms with Crippen molar-refractivity contribution in [1.29, 1.82) is 0 Å². The van der Waals surface area contributed by atoms with E-state index in [4.69, 9.17) is 5.73 Å². The van der Waals surface area contributed by atoms with Gasteiger partial charge in [0.25, 0.3) is 0 Å². The minimum absolute atomic E-state index is 0.119. The molecule has 0 radical (unpaired) electrons. The lowest BCUT2D eigenvalue weighted by molar-refractivity contribution is -0.122. The number of benzene rings is 1. The van der Waals surface area contributed by atoms with Crippen molar-refractivity contribution in [2.45, 2.75) is 44.9 Å². The number of rotatable bonds is 6. The number of piperidine rings is 1. The Morgan fingerprint density at radius 2 is 1.81 bits per heavy atom. The first-order valence-corrected chi connectivity index (χ1v) is 7.70. The zero-order valence-electron chi connectivity index (χ0n) is 12.7. The molecule has 116 valence electrons. The summed E-state index contributed by atoms with van der Waals surface area (Å²) in [5.74, 6) is -0.119. The number of nitrogens with two attached hydrogens (primary N) is 1. The fraction of sp³-hybridized carbons (Fsp3) is 0.562. The van der Waals surface area contributed by atoms with E-state index in [1.165, 1.54) is 18.4 Å². The summed E-state index contributed by atoms with van der Waals surface area (Å²) >= 11 is 0. The van der Waals surface area contributed by atoms with Gasteiger partial charge in [-0.1, -0.05) is 24.3 Å². The monoisotopic (exact) mass is 290 g/mol. The molecule has 0 unspecified atom stereocenters. The minimum Gasteiger partial charge on any atom is -0.351 e. The van der Waals surface area contributed by atoms with Gasteiger partial charge in [-0.3, -0.25) is 4.79 Å². The lowest BCUT2D eigenvalue weighted by Gasteiger charge is -2.23. The second kappa shape index (κ2) is 8.12. The molecule has 1 aliphatic rings. The number of hydrogen-bond acceptors (Lipinski definition) is 4. The van der Waals surface area contributed by atoms with Gasteiger partial charge in [0.1, 0.15) is 0 Å². The molecule has 5 nitrogen and oxygen atoms in total. The molecule has 21 heavy (non-hydrogen) atoms. The van der Waals surface area contributed by atoms with Gasteiger partial charge in [-0.05, 0) is 44.0 Å². The van der Waals surface area contributed by atoms with Crippen LogP contribution in [0, 0.1) is 0 Å². The molecule has 0 aromatic heterocycles. The maximum atomic E-state index is 11.4. The van der Waals surface area contributed by atoms with Gasteiger partial charge in [-0.15, -0.1) is 0 Å². The van der Waals surface area contributed by atoms with Crippen molar-refractivity contribution in [3.8, 4) is 0 Å². The molecule has 1 heterocycles. The maximum absolute atomic E-state index is 11.4. The van der Waals surface area contributed by atoms with E-state index < -0.39 is 6.04 Å². The predicted molar refractivity (Wildman–Crippen MR) is 84.7 cm³/mol. The molecule has 0 bridgehead atoms. The quantitative estimate of drug-likeness (QED) is 0.615. The molecule has 1 atom stereocenters. The van der Waals surface area contributed by atoms with Crippen molar-refractivity contribution in [3.05, 3.63) is 35.4 Å². The first-order valence-electron chi connectivity index (χ1n) is 7.70. The summed E-state index contributed by atoms with van der Waals surface area (Å²) < 4.78 is 0. The van der Waals surface area contributed by atoms with Gasteiger partial charge in [-0.25, -0.2) is 0 Å². The molecular formula is C16H26N4O. The molecule has 1 aliphatic heterocycles. The zero-order chi connectivity index (χ0) is 15.1. The fourth-order valence-corrected chi connectivity index (χ4v) is 2.41. The van der Waals surface area contributed by atoms with E-state index in [2.05, 4.69) is 40.2 Å². The van der Waals surface area contributed by atoms with E-state index >= 15 is 0 Å². The molecule has 1 saturated heterocycles. The summed E-state index contributed by atoms with van der Waals surface area (Å²) in [6.45, 7) is 5.33. The molecule has 0 spiro atoms. The van der Waals surface area contributed by atoms with Gasteiger partial charge >= 0.3 is 0 Å². The SMILES string of the molecule is C[C@H](N)C(=O)NCc1ccc(CNC2CCNCC2)cc1. The first kappa shape index (κ1) is 15.9. The summed E-state index contributed by atoms with van der Waals surface area (Å²) in [7, 11) is 0. The van der Waals surface area contributed by atoms with E-state index in [9.17, 15) is 4.79 Å². The van der Waals surface area contributed by atoms with Gasteiger partial charge < -0.3 is 21.7 Å². The molecule has 1 aromatic carbocycles. The Kier molecular flexibility index (Phi) is 6.17. The number of carbonyl (C=O) groups excluding carboxylic acids is 1. The van der Waals surface area contributed by atoms with Crippen molar-refractivity contribution >= 4 is 5.91 Å². The topological polar surface area (TPSA) is 79.2 Å². The smallest absolute Gasteiger partial charge is 0.236 e. The van der Waals surface area contributed by atoms with Crippen LogP contribution in [0.5, 0.6) is 0 Å². The van der Waals surface area contributed by atoms with E-state index in [0.29, 0.717) is 12.6 Å². The van der Waals surface area contributed by atoms with Crippen LogP contribution < -0.4 is 21.7 Å². The van der Waals surface area contributed by atoms with Crippen LogP contribution >= 0.6 is 0 Å². The number of hydrogen-bond donors (Lipinski definition) is 4. The Labute approximate surface area is 126 Å². The largest absolute Gasteiger partial charge is 0.351 e. The average molecular weight is 290 g/mol. The van der Waals surface area contributed by atoms with Crippen LogP contribution in [0.2, 0.25) is 0 Å². The summed E-state index contributed by atoms with van der Waals surface area (Å²) in [6.07, 6.45) is 2.39. The van der Waals surface area contributed by atoms with Gasteiger partial charge in [0.05, 0.1) is 6.04 Å². The Hall–Kier alpha value is -1.43. The normalized spacial score (nSPS) is 17.4. The predicted octanol–water partition coefficient (Wildman–Crippen LogP) is 0.492. The van der Waals surface area contributed by atoms with E-state index in [1.54, 1.807) is 6.92 Å². The molecular weight excluding hydrogens is 264 g/mol. The van der Waals surface area contributed by atoms with E-state index in [1.807, 2.05) is 0 Å². The Balaban J connectivity index is 1.74. The van der Waals surface area contributed by atoms with Crippen molar-refractivity contribution in [1.82, 2.24) is 16.0 Å². The van der Waals surface area contributed by atoms with Crippen LogP contribution in [0.1, 0.15) is 30.9 Å². The summed E-state index contributed by atoms with van der Waals surface area (Å²) in [4.78, 5) is 11.4. The summed E-state index contributed by atoms with van der Waals surface area (Å²) in [5.41, 5.74) is 7.88. The van der Waals surface area contributed by atoms with Crippen molar-refractivity contribution in [2.24, 2.45) is 5.73 Å². The van der Waals surface area contributed by atoms with Crippen LogP contribution in [-0.2, 0) is 17.9 Å². The highest BCUT2D eigenvalue weighted by atomic mass is 16.2. The highest BCUT2D eigenvalue weighted by molar-refractivity contribution is 5.80. The van der Waals surface area contributed by atoms with Crippen LogP contribution in [0.4, 0.5) is 0 Å². The molecule has 5 heteroatoms. The summed E-state index contributed by atoms with van der Waals surface area (Å²) in [5, 5.41) is 9.78. The van der Waals surface area contributed by atoms with Crippen molar-refractivity contribution < 1.29 is 4.79 Å². The molecule has 1 fully saturated rings. The summed E-state index contributed by atoms with van der Waals surface area (Å²) in [6, 6.07) is 8.50. The molecule has 1 aromatic rings. The van der Waals surface area contributed by atoms with Crippen LogP contribution in [0.3, 0.4) is 0 Å². The standard InChI is InChI=1S/C16H26N4O/c1-12(17)16(21)20-11-14-4-2-13(3-5-14)10-19-15-6-8-18-9-7-15/h2-5,12,15,18-19H,6-11,17H2,1H3,(H,20,21)/t12-/m0/s1. The third kappa shape index (κ3) is 5.46. The second-order valence-corrected chi connectivity index (χ2v) is 5.73. The van der Waals surface area contributed by atoms with Crippen molar-refractivity contribution in [2.75, 3.05) is 13.1 Å².